The van der Waals surface area contributed by atoms with Crippen LogP contribution in [0.2, 0.25) is 0 Å². The summed E-state index contributed by atoms with van der Waals surface area (Å²) in [7, 11) is 0. The summed E-state index contributed by atoms with van der Waals surface area (Å²) in [6.45, 7) is 8.53. The van der Waals surface area contributed by atoms with Crippen molar-refractivity contribution >= 4 is 5.91 Å². The van der Waals surface area contributed by atoms with Gasteiger partial charge in [-0.2, -0.15) is 0 Å². The Balaban J connectivity index is 1.99. The fraction of sp³-hybridized carbons (Fsp3) is 0.588. The average molecular weight is 290 g/mol. The zero-order valence-electron chi connectivity index (χ0n) is 13.1. The molecule has 1 heterocycles. The van der Waals surface area contributed by atoms with Crippen molar-refractivity contribution in [1.82, 2.24) is 9.80 Å². The van der Waals surface area contributed by atoms with E-state index in [9.17, 15) is 4.79 Å². The molecule has 1 aliphatic heterocycles. The minimum atomic E-state index is 0.121. The molecule has 0 bridgehead atoms. The monoisotopic (exact) mass is 290 g/mol. The Morgan fingerprint density at radius 3 is 2.48 bits per heavy atom. The number of aliphatic hydroxyl groups is 1. The first kappa shape index (κ1) is 16.0. The second-order valence-electron chi connectivity index (χ2n) is 5.99. The van der Waals surface area contributed by atoms with Gasteiger partial charge in [0.2, 0.25) is 0 Å². The van der Waals surface area contributed by atoms with Crippen molar-refractivity contribution in [2.45, 2.75) is 26.2 Å². The van der Waals surface area contributed by atoms with Gasteiger partial charge < -0.3 is 10.0 Å². The molecule has 116 valence electrons. The molecule has 1 fully saturated rings. The van der Waals surface area contributed by atoms with Crippen molar-refractivity contribution in [2.24, 2.45) is 0 Å². The molecule has 0 aromatic heterocycles. The molecule has 1 aromatic rings. The van der Waals surface area contributed by atoms with E-state index in [2.05, 4.69) is 18.7 Å². The highest BCUT2D eigenvalue weighted by molar-refractivity contribution is 5.94. The molecule has 1 saturated heterocycles. The highest BCUT2D eigenvalue weighted by Crippen LogP contribution is 2.16. The number of hydrogen-bond acceptors (Lipinski definition) is 3. The van der Waals surface area contributed by atoms with Crippen molar-refractivity contribution in [1.29, 1.82) is 0 Å². The normalized spacial score (nSPS) is 17.0. The van der Waals surface area contributed by atoms with Gasteiger partial charge in [0.15, 0.2) is 0 Å². The zero-order chi connectivity index (χ0) is 15.2. The SMILES string of the molecule is CC(C)c1ccc(C(=O)N2CCCN(CCO)CC2)cc1. The maximum atomic E-state index is 12.6. The molecule has 2 rings (SSSR count). The molecular weight excluding hydrogens is 264 g/mol. The summed E-state index contributed by atoms with van der Waals surface area (Å²) in [4.78, 5) is 16.7. The number of aliphatic hydroxyl groups excluding tert-OH is 1. The summed E-state index contributed by atoms with van der Waals surface area (Å²) in [5.41, 5.74) is 2.03. The molecule has 0 atom stereocenters. The zero-order valence-corrected chi connectivity index (χ0v) is 13.1. The van der Waals surface area contributed by atoms with Gasteiger partial charge in [0.1, 0.15) is 0 Å². The molecule has 4 nitrogen and oxygen atoms in total. The average Bonchev–Trinajstić information content (AvgIpc) is 2.73. The Labute approximate surface area is 127 Å². The standard InChI is InChI=1S/C17H26N2O2/c1-14(2)15-4-6-16(7-5-15)17(21)19-9-3-8-18(10-11-19)12-13-20/h4-7,14,20H,3,8-13H2,1-2H3. The topological polar surface area (TPSA) is 43.8 Å². The van der Waals surface area contributed by atoms with Gasteiger partial charge in [-0.15, -0.1) is 0 Å². The highest BCUT2D eigenvalue weighted by Gasteiger charge is 2.20. The molecule has 1 aromatic carbocycles. The van der Waals surface area contributed by atoms with Gasteiger partial charge in [-0.1, -0.05) is 26.0 Å². The van der Waals surface area contributed by atoms with Crippen LogP contribution >= 0.6 is 0 Å². The molecule has 4 heteroatoms. The van der Waals surface area contributed by atoms with Gasteiger partial charge in [-0.05, 0) is 36.6 Å². The Hall–Kier alpha value is -1.39. The first-order valence-corrected chi connectivity index (χ1v) is 7.84. The van der Waals surface area contributed by atoms with Crippen molar-refractivity contribution < 1.29 is 9.90 Å². The second kappa shape index (κ2) is 7.57. The molecular formula is C17H26N2O2. The maximum Gasteiger partial charge on any atom is 0.253 e. The lowest BCUT2D eigenvalue weighted by atomic mass is 10.0. The maximum absolute atomic E-state index is 12.6. The van der Waals surface area contributed by atoms with Crippen LogP contribution in [0.4, 0.5) is 0 Å². The molecule has 0 saturated carbocycles. The van der Waals surface area contributed by atoms with E-state index in [1.807, 2.05) is 29.2 Å². The fourth-order valence-corrected chi connectivity index (χ4v) is 2.73. The molecule has 0 unspecified atom stereocenters. The van der Waals surface area contributed by atoms with Gasteiger partial charge >= 0.3 is 0 Å². The number of carbonyl (C=O) groups excluding carboxylic acids is 1. The van der Waals surface area contributed by atoms with E-state index in [1.54, 1.807) is 0 Å². The van der Waals surface area contributed by atoms with E-state index in [0.29, 0.717) is 12.5 Å². The summed E-state index contributed by atoms with van der Waals surface area (Å²) in [6, 6.07) is 7.98. The lowest BCUT2D eigenvalue weighted by Crippen LogP contribution is -2.35. The first-order chi connectivity index (χ1) is 10.1. The molecule has 21 heavy (non-hydrogen) atoms. The fourth-order valence-electron chi connectivity index (χ4n) is 2.73. The summed E-state index contributed by atoms with van der Waals surface area (Å²) in [6.07, 6.45) is 0.968. The van der Waals surface area contributed by atoms with Crippen LogP contribution in [0.25, 0.3) is 0 Å². The smallest absolute Gasteiger partial charge is 0.253 e. The van der Waals surface area contributed by atoms with Crippen LogP contribution in [0.5, 0.6) is 0 Å². The second-order valence-corrected chi connectivity index (χ2v) is 5.99. The van der Waals surface area contributed by atoms with Crippen LogP contribution in [0.15, 0.2) is 24.3 Å². The molecule has 0 aliphatic carbocycles. The third-order valence-corrected chi connectivity index (χ3v) is 4.12. The van der Waals surface area contributed by atoms with Gasteiger partial charge in [-0.25, -0.2) is 0 Å². The quantitative estimate of drug-likeness (QED) is 0.922. The molecule has 0 spiro atoms. The summed E-state index contributed by atoms with van der Waals surface area (Å²) in [5, 5.41) is 9.01. The summed E-state index contributed by atoms with van der Waals surface area (Å²) >= 11 is 0. The number of benzene rings is 1. The van der Waals surface area contributed by atoms with Crippen molar-refractivity contribution in [3.8, 4) is 0 Å². The van der Waals surface area contributed by atoms with Crippen LogP contribution in [0.3, 0.4) is 0 Å². The van der Waals surface area contributed by atoms with E-state index >= 15 is 0 Å². The van der Waals surface area contributed by atoms with Crippen molar-refractivity contribution in [2.75, 3.05) is 39.3 Å². The third kappa shape index (κ3) is 4.29. The Bertz CT molecular complexity index is 456. The van der Waals surface area contributed by atoms with E-state index < -0.39 is 0 Å². The van der Waals surface area contributed by atoms with Crippen LogP contribution in [0.1, 0.15) is 42.1 Å². The van der Waals surface area contributed by atoms with Gasteiger partial charge in [0.25, 0.3) is 5.91 Å². The first-order valence-electron chi connectivity index (χ1n) is 7.84. The number of nitrogens with zero attached hydrogens (tertiary/aromatic N) is 2. The lowest BCUT2D eigenvalue weighted by Gasteiger charge is -2.21. The Kier molecular flexibility index (Phi) is 5.76. The van der Waals surface area contributed by atoms with E-state index in [0.717, 1.165) is 38.2 Å². The Morgan fingerprint density at radius 1 is 1.14 bits per heavy atom. The lowest BCUT2D eigenvalue weighted by molar-refractivity contribution is 0.0760. The molecule has 1 amide bonds. The number of hydrogen-bond donors (Lipinski definition) is 1. The predicted octanol–water partition coefficient (Wildman–Crippen LogP) is 1.95. The minimum absolute atomic E-state index is 0.121. The van der Waals surface area contributed by atoms with E-state index in [4.69, 9.17) is 5.11 Å². The van der Waals surface area contributed by atoms with Crippen LogP contribution in [-0.2, 0) is 0 Å². The van der Waals surface area contributed by atoms with E-state index in [-0.39, 0.29) is 12.5 Å². The van der Waals surface area contributed by atoms with Gasteiger partial charge in [0.05, 0.1) is 6.61 Å². The molecule has 0 radical (unpaired) electrons. The number of β-amino-alcohol motifs (C(OH)–C–C–N with tert-alkyl or cyclic N) is 1. The van der Waals surface area contributed by atoms with Gasteiger partial charge in [-0.3, -0.25) is 9.69 Å². The Morgan fingerprint density at radius 2 is 1.86 bits per heavy atom. The summed E-state index contributed by atoms with van der Waals surface area (Å²) in [5.74, 6) is 0.607. The largest absolute Gasteiger partial charge is 0.395 e. The van der Waals surface area contributed by atoms with Crippen LogP contribution in [-0.4, -0.2) is 60.1 Å². The summed E-state index contributed by atoms with van der Waals surface area (Å²) < 4.78 is 0. The van der Waals surface area contributed by atoms with Crippen LogP contribution < -0.4 is 0 Å². The minimum Gasteiger partial charge on any atom is -0.395 e. The predicted molar refractivity (Wildman–Crippen MR) is 84.6 cm³/mol. The molecule has 1 aliphatic rings. The van der Waals surface area contributed by atoms with Crippen molar-refractivity contribution in [3.63, 3.8) is 0 Å². The molecule has 1 N–H and O–H groups in total. The third-order valence-electron chi connectivity index (χ3n) is 4.12. The van der Waals surface area contributed by atoms with E-state index in [1.165, 1.54) is 5.56 Å². The van der Waals surface area contributed by atoms with Crippen LogP contribution in [0, 0.1) is 0 Å². The number of rotatable bonds is 4. The highest BCUT2D eigenvalue weighted by atomic mass is 16.3. The van der Waals surface area contributed by atoms with Gasteiger partial charge in [0, 0.05) is 31.7 Å². The number of amides is 1. The van der Waals surface area contributed by atoms with Crippen molar-refractivity contribution in [3.05, 3.63) is 35.4 Å². The number of carbonyl (C=O) groups is 1.